The summed E-state index contributed by atoms with van der Waals surface area (Å²) in [5, 5.41) is 2.49. The van der Waals surface area contributed by atoms with Gasteiger partial charge in [-0.1, -0.05) is 46.1 Å². The average molecular weight is 471 g/mol. The van der Waals surface area contributed by atoms with Crippen LogP contribution in [0, 0.1) is 0 Å². The maximum atomic E-state index is 13.3. The number of carbonyl (C=O) groups excluding carboxylic acids is 2. The third kappa shape index (κ3) is 4.71. The molecule has 0 fully saturated rings. The van der Waals surface area contributed by atoms with Gasteiger partial charge >= 0.3 is 0 Å². The first-order valence-electron chi connectivity index (χ1n) is 8.15. The molecule has 0 saturated heterocycles. The Hall–Kier alpha value is -2.16. The summed E-state index contributed by atoms with van der Waals surface area (Å²) in [5.41, 5.74) is 0.752. The molecule has 0 N–H and O–H groups in total. The zero-order valence-electron chi connectivity index (χ0n) is 15.2. The van der Waals surface area contributed by atoms with Gasteiger partial charge in [-0.3, -0.25) is 19.3 Å². The van der Waals surface area contributed by atoms with Crippen LogP contribution in [0.4, 0.5) is 10.8 Å². The number of hydroxylamine groups is 2. The van der Waals surface area contributed by atoms with Crippen molar-refractivity contribution in [3.8, 4) is 0 Å². The normalized spacial score (nSPS) is 10.7. The van der Waals surface area contributed by atoms with Crippen molar-refractivity contribution in [3.63, 3.8) is 0 Å². The Morgan fingerprint density at radius 2 is 1.66 bits per heavy atom. The number of carbonyl (C=O) groups is 2. The topological polar surface area (TPSA) is 62.7 Å². The summed E-state index contributed by atoms with van der Waals surface area (Å²) in [4.78, 5) is 36.5. The van der Waals surface area contributed by atoms with Crippen LogP contribution in [0.5, 0.6) is 0 Å². The van der Waals surface area contributed by atoms with Crippen LogP contribution in [0.25, 0.3) is 0 Å². The number of halogens is 3. The molecule has 0 radical (unpaired) electrons. The lowest BCUT2D eigenvalue weighted by molar-refractivity contribution is -0.0754. The molecule has 6 nitrogen and oxygen atoms in total. The van der Waals surface area contributed by atoms with Crippen molar-refractivity contribution < 1.29 is 14.4 Å². The van der Waals surface area contributed by atoms with E-state index < -0.39 is 5.91 Å². The van der Waals surface area contributed by atoms with Crippen LogP contribution in [-0.2, 0) is 4.84 Å². The van der Waals surface area contributed by atoms with Gasteiger partial charge < -0.3 is 0 Å². The first-order valence-corrected chi connectivity index (χ1v) is 10.1. The third-order valence-electron chi connectivity index (χ3n) is 3.90. The zero-order chi connectivity index (χ0) is 21.1. The molecule has 2 aromatic carbocycles. The van der Waals surface area contributed by atoms with Crippen LogP contribution in [0.15, 0.2) is 48.7 Å². The van der Waals surface area contributed by atoms with Crippen LogP contribution in [0.1, 0.15) is 20.0 Å². The number of hydrogen-bond acceptors (Lipinski definition) is 5. The molecule has 0 saturated carbocycles. The van der Waals surface area contributed by atoms with E-state index in [4.69, 9.17) is 39.6 Å². The van der Waals surface area contributed by atoms with Crippen molar-refractivity contribution in [2.45, 2.75) is 0 Å². The Morgan fingerprint density at radius 1 is 1.00 bits per heavy atom. The van der Waals surface area contributed by atoms with Crippen LogP contribution in [0.3, 0.4) is 0 Å². The van der Waals surface area contributed by atoms with Crippen molar-refractivity contribution in [1.82, 2.24) is 10.0 Å². The highest BCUT2D eigenvalue weighted by Crippen LogP contribution is 2.34. The lowest BCUT2D eigenvalue weighted by Gasteiger charge is -2.21. The summed E-state index contributed by atoms with van der Waals surface area (Å²) < 4.78 is 0. The van der Waals surface area contributed by atoms with E-state index in [1.165, 1.54) is 37.4 Å². The van der Waals surface area contributed by atoms with Crippen molar-refractivity contribution in [1.29, 1.82) is 0 Å². The molecule has 0 bridgehead atoms. The molecule has 2 amide bonds. The molecule has 0 atom stereocenters. The fourth-order valence-electron chi connectivity index (χ4n) is 2.39. The van der Waals surface area contributed by atoms with Crippen LogP contribution < -0.4 is 4.90 Å². The monoisotopic (exact) mass is 469 g/mol. The molecule has 1 aromatic heterocycles. The largest absolute Gasteiger partial charge is 0.288 e. The zero-order valence-corrected chi connectivity index (χ0v) is 18.3. The van der Waals surface area contributed by atoms with Gasteiger partial charge in [0.25, 0.3) is 11.8 Å². The molecule has 1 heterocycles. The molecule has 0 unspecified atom stereocenters. The molecule has 0 aliphatic heterocycles. The van der Waals surface area contributed by atoms with Gasteiger partial charge in [0.2, 0.25) is 0 Å². The summed E-state index contributed by atoms with van der Waals surface area (Å²) in [5.74, 6) is -0.813. The fraction of sp³-hybridized carbons (Fsp3) is 0.105. The lowest BCUT2D eigenvalue weighted by atomic mass is 10.2. The minimum Gasteiger partial charge on any atom is -0.274 e. The number of aromatic nitrogens is 1. The predicted octanol–water partition coefficient (Wildman–Crippen LogP) is 5.72. The molecule has 0 aliphatic rings. The van der Waals surface area contributed by atoms with Gasteiger partial charge in [-0.15, -0.1) is 0 Å². The smallest absolute Gasteiger partial charge is 0.274 e. The van der Waals surface area contributed by atoms with E-state index in [9.17, 15) is 9.59 Å². The highest BCUT2D eigenvalue weighted by Gasteiger charge is 2.26. The van der Waals surface area contributed by atoms with Crippen LogP contribution >= 0.6 is 46.1 Å². The maximum absolute atomic E-state index is 13.3. The Bertz CT molecular complexity index is 1060. The van der Waals surface area contributed by atoms with E-state index in [2.05, 4.69) is 4.98 Å². The summed E-state index contributed by atoms with van der Waals surface area (Å²) in [6.07, 6.45) is 1.39. The predicted molar refractivity (Wildman–Crippen MR) is 116 cm³/mol. The highest BCUT2D eigenvalue weighted by molar-refractivity contribution is 7.17. The molecular formula is C19H14Cl3N3O3S. The highest BCUT2D eigenvalue weighted by atomic mass is 35.5. The summed E-state index contributed by atoms with van der Waals surface area (Å²) >= 11 is 19.2. The van der Waals surface area contributed by atoms with Crippen molar-refractivity contribution in [2.24, 2.45) is 0 Å². The maximum Gasteiger partial charge on any atom is 0.288 e. The van der Waals surface area contributed by atoms with Gasteiger partial charge in [-0.05, 0) is 42.5 Å². The van der Waals surface area contributed by atoms with E-state index in [-0.39, 0.29) is 21.6 Å². The molecule has 3 rings (SSSR count). The van der Waals surface area contributed by atoms with E-state index in [0.717, 1.165) is 16.4 Å². The lowest BCUT2D eigenvalue weighted by Crippen LogP contribution is -2.26. The number of benzene rings is 2. The molecular weight excluding hydrogens is 457 g/mol. The van der Waals surface area contributed by atoms with Gasteiger partial charge in [0.1, 0.15) is 4.88 Å². The number of thiazole rings is 1. The number of amides is 2. The van der Waals surface area contributed by atoms with E-state index in [0.29, 0.717) is 20.6 Å². The Balaban J connectivity index is 2.07. The standard InChI is InChI=1S/C19H14Cl3N3O3S/c1-24(28-2)18(27)16-10-23-19(29-16)25(13-6-3-11(20)4-7-13)17(26)14-8-5-12(21)9-15(14)22/h3-10H,1-2H3. The second-order valence-electron chi connectivity index (χ2n) is 5.73. The molecule has 29 heavy (non-hydrogen) atoms. The number of rotatable bonds is 5. The third-order valence-corrected chi connectivity index (χ3v) is 5.68. The number of nitrogens with zero attached hydrogens (tertiary/aromatic N) is 3. The second-order valence-corrected chi connectivity index (χ2v) is 8.02. The Morgan fingerprint density at radius 3 is 2.28 bits per heavy atom. The van der Waals surface area contributed by atoms with Gasteiger partial charge in [0.15, 0.2) is 5.13 Å². The van der Waals surface area contributed by atoms with Crippen LogP contribution in [-0.4, -0.2) is 36.0 Å². The van der Waals surface area contributed by atoms with Crippen molar-refractivity contribution >= 4 is 68.8 Å². The van der Waals surface area contributed by atoms with E-state index in [1.54, 1.807) is 30.3 Å². The Kier molecular flexibility index (Phi) is 6.77. The average Bonchev–Trinajstić information content (AvgIpc) is 3.18. The van der Waals surface area contributed by atoms with Crippen molar-refractivity contribution in [3.05, 3.63) is 74.2 Å². The summed E-state index contributed by atoms with van der Waals surface area (Å²) in [6, 6.07) is 11.3. The number of anilines is 2. The first-order chi connectivity index (χ1) is 13.8. The molecule has 150 valence electrons. The quantitative estimate of drug-likeness (QED) is 0.448. The van der Waals surface area contributed by atoms with Gasteiger partial charge in [-0.2, -0.15) is 0 Å². The summed E-state index contributed by atoms with van der Waals surface area (Å²) in [6.45, 7) is 0. The fourth-order valence-corrected chi connectivity index (χ4v) is 3.91. The van der Waals surface area contributed by atoms with E-state index >= 15 is 0 Å². The van der Waals surface area contributed by atoms with Gasteiger partial charge in [-0.25, -0.2) is 10.0 Å². The first kappa shape index (κ1) is 21.5. The van der Waals surface area contributed by atoms with E-state index in [1.807, 2.05) is 0 Å². The molecule has 10 heteroatoms. The molecule has 0 spiro atoms. The van der Waals surface area contributed by atoms with Crippen LogP contribution in [0.2, 0.25) is 15.1 Å². The minimum absolute atomic E-state index is 0.202. The van der Waals surface area contributed by atoms with Gasteiger partial charge in [0, 0.05) is 17.1 Å². The second kappa shape index (κ2) is 9.11. The SMILES string of the molecule is CON(C)C(=O)c1cnc(N(C(=O)c2ccc(Cl)cc2Cl)c2ccc(Cl)cc2)s1. The summed E-state index contributed by atoms with van der Waals surface area (Å²) in [7, 11) is 2.86. The molecule has 3 aromatic rings. The van der Waals surface area contributed by atoms with Gasteiger partial charge in [0.05, 0.1) is 29.6 Å². The Labute approximate surface area is 186 Å². The number of hydrogen-bond donors (Lipinski definition) is 0. The van der Waals surface area contributed by atoms with Crippen molar-refractivity contribution in [2.75, 3.05) is 19.1 Å². The molecule has 0 aliphatic carbocycles. The minimum atomic E-state index is -0.428.